The van der Waals surface area contributed by atoms with E-state index in [4.69, 9.17) is 11.6 Å². The maximum Gasteiger partial charge on any atom is 0.272 e. The van der Waals surface area contributed by atoms with E-state index in [2.05, 4.69) is 33.6 Å². The van der Waals surface area contributed by atoms with Crippen molar-refractivity contribution in [1.82, 2.24) is 14.9 Å². The number of hydrogen-bond acceptors (Lipinski definition) is 5. The summed E-state index contributed by atoms with van der Waals surface area (Å²) in [7, 11) is 0. The molecule has 144 valence electrons. The smallest absolute Gasteiger partial charge is 0.272 e. The lowest BCUT2D eigenvalue weighted by Crippen LogP contribution is -2.49. The molecule has 1 aliphatic rings. The van der Waals surface area contributed by atoms with Gasteiger partial charge in [0.15, 0.2) is 0 Å². The van der Waals surface area contributed by atoms with Crippen LogP contribution in [-0.4, -0.2) is 60.0 Å². The Bertz CT molecular complexity index is 801. The molecule has 1 fully saturated rings. The predicted octanol–water partition coefficient (Wildman–Crippen LogP) is 3.25. The monoisotopic (exact) mass is 387 g/mol. The van der Waals surface area contributed by atoms with Crippen LogP contribution in [0.1, 0.15) is 30.2 Å². The van der Waals surface area contributed by atoms with Crippen LogP contribution < -0.4 is 9.80 Å². The third kappa shape index (κ3) is 4.50. The highest BCUT2D eigenvalue weighted by molar-refractivity contribution is 6.30. The summed E-state index contributed by atoms with van der Waals surface area (Å²) in [5.74, 6) is 1.41. The van der Waals surface area contributed by atoms with Crippen molar-refractivity contribution in [2.24, 2.45) is 0 Å². The van der Waals surface area contributed by atoms with Gasteiger partial charge in [-0.25, -0.2) is 9.97 Å². The molecular formula is C20H26ClN5O. The minimum Gasteiger partial charge on any atom is -0.368 e. The van der Waals surface area contributed by atoms with E-state index >= 15 is 0 Å². The molecule has 1 saturated heterocycles. The first kappa shape index (κ1) is 19.4. The zero-order chi connectivity index (χ0) is 19.4. The number of hydrogen-bond donors (Lipinski definition) is 0. The van der Waals surface area contributed by atoms with Crippen molar-refractivity contribution in [2.75, 3.05) is 49.1 Å². The Balaban J connectivity index is 1.70. The van der Waals surface area contributed by atoms with Crippen molar-refractivity contribution in [3.63, 3.8) is 0 Å². The fraction of sp³-hybridized carbons (Fsp3) is 0.450. The van der Waals surface area contributed by atoms with Crippen LogP contribution in [0.4, 0.5) is 11.5 Å². The highest BCUT2D eigenvalue weighted by atomic mass is 35.5. The summed E-state index contributed by atoms with van der Waals surface area (Å²) in [6.45, 7) is 10.6. The Morgan fingerprint density at radius 3 is 2.44 bits per heavy atom. The first-order valence-electron chi connectivity index (χ1n) is 9.42. The average Bonchev–Trinajstić information content (AvgIpc) is 2.68. The zero-order valence-corrected chi connectivity index (χ0v) is 16.9. The number of carbonyl (C=O) groups excluding carboxylic acids is 1. The lowest BCUT2D eigenvalue weighted by Gasteiger charge is -2.36. The van der Waals surface area contributed by atoms with Gasteiger partial charge in [0, 0.05) is 56.0 Å². The highest BCUT2D eigenvalue weighted by Crippen LogP contribution is 2.21. The number of carbonyl (C=O) groups is 1. The second kappa shape index (κ2) is 8.57. The predicted molar refractivity (Wildman–Crippen MR) is 110 cm³/mol. The Hall–Kier alpha value is -2.34. The van der Waals surface area contributed by atoms with Gasteiger partial charge < -0.3 is 14.7 Å². The molecule has 0 unspecified atom stereocenters. The van der Waals surface area contributed by atoms with Crippen molar-refractivity contribution in [1.29, 1.82) is 0 Å². The molecule has 1 amide bonds. The summed E-state index contributed by atoms with van der Waals surface area (Å²) in [6.07, 6.45) is 0. The van der Waals surface area contributed by atoms with E-state index in [0.29, 0.717) is 24.6 Å². The molecule has 7 heteroatoms. The third-order valence-electron chi connectivity index (χ3n) is 4.87. The van der Waals surface area contributed by atoms with Crippen LogP contribution in [0.5, 0.6) is 0 Å². The lowest BCUT2D eigenvalue weighted by atomic mass is 10.2. The van der Waals surface area contributed by atoms with Crippen molar-refractivity contribution in [2.45, 2.75) is 20.8 Å². The summed E-state index contributed by atoms with van der Waals surface area (Å²) >= 11 is 6.09. The fourth-order valence-electron chi connectivity index (χ4n) is 3.37. The van der Waals surface area contributed by atoms with Crippen LogP contribution in [0, 0.1) is 6.92 Å². The maximum atomic E-state index is 13.0. The minimum absolute atomic E-state index is 0.0281. The summed E-state index contributed by atoms with van der Waals surface area (Å²) in [5, 5.41) is 0.728. The van der Waals surface area contributed by atoms with Gasteiger partial charge in [0.2, 0.25) is 0 Å². The van der Waals surface area contributed by atoms with Crippen LogP contribution >= 0.6 is 11.6 Å². The average molecular weight is 388 g/mol. The molecule has 6 nitrogen and oxygen atoms in total. The fourth-order valence-corrected chi connectivity index (χ4v) is 3.56. The number of rotatable bonds is 5. The molecule has 0 bridgehead atoms. The van der Waals surface area contributed by atoms with E-state index in [1.165, 1.54) is 0 Å². The SMILES string of the molecule is CCN(CC)c1cc(C(=O)N2CCN(c3cccc(Cl)c3)CC2)nc(C)n1. The lowest BCUT2D eigenvalue weighted by molar-refractivity contribution is 0.0740. The van der Waals surface area contributed by atoms with E-state index in [1.807, 2.05) is 42.2 Å². The molecule has 0 aliphatic carbocycles. The van der Waals surface area contributed by atoms with Gasteiger partial charge in [0.1, 0.15) is 17.3 Å². The van der Waals surface area contributed by atoms with E-state index < -0.39 is 0 Å². The maximum absolute atomic E-state index is 13.0. The zero-order valence-electron chi connectivity index (χ0n) is 16.2. The number of amides is 1. The number of anilines is 2. The van der Waals surface area contributed by atoms with Gasteiger partial charge in [-0.05, 0) is 39.0 Å². The second-order valence-corrected chi connectivity index (χ2v) is 7.03. The first-order chi connectivity index (χ1) is 13.0. The molecule has 1 aromatic carbocycles. The quantitative estimate of drug-likeness (QED) is 0.788. The number of benzene rings is 1. The largest absolute Gasteiger partial charge is 0.368 e. The second-order valence-electron chi connectivity index (χ2n) is 6.59. The van der Waals surface area contributed by atoms with Gasteiger partial charge in [-0.1, -0.05) is 17.7 Å². The van der Waals surface area contributed by atoms with E-state index in [9.17, 15) is 4.79 Å². The highest BCUT2D eigenvalue weighted by Gasteiger charge is 2.24. The number of nitrogens with zero attached hydrogens (tertiary/aromatic N) is 5. The Labute approximate surface area is 165 Å². The summed E-state index contributed by atoms with van der Waals surface area (Å²) in [5.41, 5.74) is 1.57. The molecule has 0 N–H and O–H groups in total. The van der Waals surface area contributed by atoms with Gasteiger partial charge in [0.25, 0.3) is 5.91 Å². The van der Waals surface area contributed by atoms with E-state index in [0.717, 1.165) is 42.7 Å². The Morgan fingerprint density at radius 2 is 1.81 bits per heavy atom. The first-order valence-corrected chi connectivity index (χ1v) is 9.80. The summed E-state index contributed by atoms with van der Waals surface area (Å²) in [6, 6.07) is 9.64. The molecule has 2 heterocycles. The van der Waals surface area contributed by atoms with Crippen LogP contribution in [0.3, 0.4) is 0 Å². The molecule has 0 spiro atoms. The standard InChI is InChI=1S/C20H26ClN5O/c1-4-24(5-2)19-14-18(22-15(3)23-19)20(27)26-11-9-25(10-12-26)17-8-6-7-16(21)13-17/h6-8,13-14H,4-5,9-12H2,1-3H3. The number of aromatic nitrogens is 2. The van der Waals surface area contributed by atoms with Crippen molar-refractivity contribution in [3.05, 3.63) is 46.9 Å². The Kier molecular flexibility index (Phi) is 6.16. The molecule has 27 heavy (non-hydrogen) atoms. The van der Waals surface area contributed by atoms with Crippen LogP contribution in [0.25, 0.3) is 0 Å². The number of piperazine rings is 1. The van der Waals surface area contributed by atoms with Crippen LogP contribution in [-0.2, 0) is 0 Å². The van der Waals surface area contributed by atoms with Crippen LogP contribution in [0.2, 0.25) is 5.02 Å². The van der Waals surface area contributed by atoms with Gasteiger partial charge in [0.05, 0.1) is 0 Å². The van der Waals surface area contributed by atoms with Crippen molar-refractivity contribution in [3.8, 4) is 0 Å². The van der Waals surface area contributed by atoms with E-state index in [1.54, 1.807) is 0 Å². The topological polar surface area (TPSA) is 52.6 Å². The number of aryl methyl sites for hydroxylation is 1. The van der Waals surface area contributed by atoms with Gasteiger partial charge in [-0.2, -0.15) is 0 Å². The molecule has 1 aromatic heterocycles. The normalized spacial score (nSPS) is 14.4. The molecule has 3 rings (SSSR count). The summed E-state index contributed by atoms with van der Waals surface area (Å²) < 4.78 is 0. The minimum atomic E-state index is -0.0281. The molecule has 0 radical (unpaired) electrons. The van der Waals surface area contributed by atoms with Gasteiger partial charge in [-0.3, -0.25) is 4.79 Å². The Morgan fingerprint density at radius 1 is 1.11 bits per heavy atom. The molecule has 1 aliphatic heterocycles. The van der Waals surface area contributed by atoms with Crippen molar-refractivity contribution < 1.29 is 4.79 Å². The molecule has 0 atom stereocenters. The molecule has 0 saturated carbocycles. The van der Waals surface area contributed by atoms with Gasteiger partial charge in [-0.15, -0.1) is 0 Å². The summed E-state index contributed by atoms with van der Waals surface area (Å²) in [4.78, 5) is 28.1. The molecule has 2 aromatic rings. The van der Waals surface area contributed by atoms with Gasteiger partial charge >= 0.3 is 0 Å². The number of halogens is 1. The van der Waals surface area contributed by atoms with Crippen LogP contribution in [0.15, 0.2) is 30.3 Å². The van der Waals surface area contributed by atoms with E-state index in [-0.39, 0.29) is 5.91 Å². The third-order valence-corrected chi connectivity index (χ3v) is 5.11. The van der Waals surface area contributed by atoms with Crippen molar-refractivity contribution >= 4 is 29.0 Å². The molecular weight excluding hydrogens is 362 g/mol.